The van der Waals surface area contributed by atoms with Crippen LogP contribution in [0.4, 0.5) is 37.7 Å². The second-order valence-corrected chi connectivity index (χ2v) is 9.44. The van der Waals surface area contributed by atoms with Gasteiger partial charge in [-0.2, -0.15) is 36.5 Å². The van der Waals surface area contributed by atoms with Crippen LogP contribution in [0.15, 0.2) is 58.7 Å². The Kier molecular flexibility index (Phi) is 13.0. The van der Waals surface area contributed by atoms with Crippen LogP contribution < -0.4 is 21.5 Å². The smallest absolute Gasteiger partial charge is 0.318 e. The van der Waals surface area contributed by atoms with Crippen molar-refractivity contribution >= 4 is 46.4 Å². The van der Waals surface area contributed by atoms with E-state index >= 15 is 0 Å². The van der Waals surface area contributed by atoms with Crippen molar-refractivity contribution in [2.24, 2.45) is 10.2 Å². The van der Waals surface area contributed by atoms with Gasteiger partial charge in [0.25, 0.3) is 0 Å². The standard InChI is InChI=1S/C28H30F6N6O4/c1-17(19-9-7-11-21(15-19)35-25(43)27(29,30)31)37-39-23(41)13-5-3-4-6-14-24(42)40-38-18(2)20-10-8-12-22(16-20)36-26(44)28(32,33)34/h7-12,15-16H,3-6,13-14H2,1-2H3,(H,35,43)(H,36,44)(H,39,41)(H,40,42)/b37-17+,38-18+. The van der Waals surface area contributed by atoms with Crippen LogP contribution in [-0.2, 0) is 19.2 Å². The fourth-order valence-corrected chi connectivity index (χ4v) is 3.51. The lowest BCUT2D eigenvalue weighted by atomic mass is 10.1. The van der Waals surface area contributed by atoms with Gasteiger partial charge in [0.15, 0.2) is 0 Å². The van der Waals surface area contributed by atoms with Crippen LogP contribution in [0, 0.1) is 0 Å². The fourth-order valence-electron chi connectivity index (χ4n) is 3.51. The molecule has 0 aliphatic heterocycles. The highest BCUT2D eigenvalue weighted by Crippen LogP contribution is 2.20. The third kappa shape index (κ3) is 12.6. The van der Waals surface area contributed by atoms with E-state index in [1.165, 1.54) is 50.2 Å². The third-order valence-corrected chi connectivity index (χ3v) is 5.85. The molecule has 0 atom stereocenters. The zero-order valence-electron chi connectivity index (χ0n) is 23.7. The quantitative estimate of drug-likeness (QED) is 0.102. The second kappa shape index (κ2) is 16.2. The molecular formula is C28H30F6N6O4. The van der Waals surface area contributed by atoms with Crippen LogP contribution in [0.25, 0.3) is 0 Å². The van der Waals surface area contributed by atoms with E-state index in [2.05, 4.69) is 21.1 Å². The van der Waals surface area contributed by atoms with Crippen molar-refractivity contribution in [3.63, 3.8) is 0 Å². The minimum Gasteiger partial charge on any atom is -0.318 e. The topological polar surface area (TPSA) is 141 Å². The van der Waals surface area contributed by atoms with Gasteiger partial charge >= 0.3 is 24.2 Å². The number of benzene rings is 2. The summed E-state index contributed by atoms with van der Waals surface area (Å²) >= 11 is 0. The molecule has 0 bridgehead atoms. The lowest BCUT2D eigenvalue weighted by Crippen LogP contribution is -2.29. The molecule has 238 valence electrons. The van der Waals surface area contributed by atoms with Gasteiger partial charge in [-0.05, 0) is 62.1 Å². The van der Waals surface area contributed by atoms with Crippen molar-refractivity contribution in [1.29, 1.82) is 0 Å². The Morgan fingerprint density at radius 2 is 0.977 bits per heavy atom. The lowest BCUT2D eigenvalue weighted by molar-refractivity contribution is -0.167. The number of rotatable bonds is 13. The summed E-state index contributed by atoms with van der Waals surface area (Å²) in [5.74, 6) is -4.97. The van der Waals surface area contributed by atoms with E-state index in [9.17, 15) is 45.5 Å². The van der Waals surface area contributed by atoms with Gasteiger partial charge in [-0.15, -0.1) is 0 Å². The number of halogens is 6. The van der Waals surface area contributed by atoms with E-state index in [-0.39, 0.29) is 36.0 Å². The number of nitrogens with one attached hydrogen (secondary N) is 4. The number of carbonyl (C=O) groups excluding carboxylic acids is 4. The van der Waals surface area contributed by atoms with Gasteiger partial charge in [0.1, 0.15) is 0 Å². The van der Waals surface area contributed by atoms with E-state index < -0.39 is 24.2 Å². The molecule has 44 heavy (non-hydrogen) atoms. The number of alkyl halides is 6. The molecule has 2 aromatic rings. The largest absolute Gasteiger partial charge is 0.471 e. The number of unbranched alkanes of at least 4 members (excludes halogenated alkanes) is 3. The van der Waals surface area contributed by atoms with Gasteiger partial charge in [-0.25, -0.2) is 10.9 Å². The first-order chi connectivity index (χ1) is 20.6. The van der Waals surface area contributed by atoms with Crippen LogP contribution in [-0.4, -0.2) is 47.4 Å². The van der Waals surface area contributed by atoms with E-state index in [1.54, 1.807) is 22.8 Å². The van der Waals surface area contributed by atoms with E-state index in [4.69, 9.17) is 0 Å². The molecule has 10 nitrogen and oxygen atoms in total. The molecule has 0 aromatic heterocycles. The van der Waals surface area contributed by atoms with E-state index in [0.717, 1.165) is 0 Å². The Balaban J connectivity index is 1.69. The maximum atomic E-state index is 12.4. The molecule has 0 radical (unpaired) electrons. The fraction of sp³-hybridized carbons (Fsp3) is 0.357. The Hall–Kier alpha value is -4.76. The molecule has 0 spiro atoms. The summed E-state index contributed by atoms with van der Waals surface area (Å²) in [4.78, 5) is 46.4. The zero-order valence-corrected chi connectivity index (χ0v) is 23.7. The zero-order chi connectivity index (χ0) is 32.9. The van der Waals surface area contributed by atoms with Crippen molar-refractivity contribution in [3.05, 3.63) is 59.7 Å². The molecule has 4 N–H and O–H groups in total. The summed E-state index contributed by atoms with van der Waals surface area (Å²) in [6, 6.07) is 11.1. The average molecular weight is 629 g/mol. The Morgan fingerprint density at radius 1 is 0.614 bits per heavy atom. The summed E-state index contributed by atoms with van der Waals surface area (Å²) in [5.41, 5.74) is 5.99. The first kappa shape index (κ1) is 35.4. The number of amides is 4. The maximum absolute atomic E-state index is 12.4. The van der Waals surface area contributed by atoms with Gasteiger partial charge in [-0.3, -0.25) is 19.2 Å². The Bertz CT molecular complexity index is 1300. The molecule has 0 aliphatic rings. The van der Waals surface area contributed by atoms with Gasteiger partial charge in [-0.1, -0.05) is 37.1 Å². The average Bonchev–Trinajstić information content (AvgIpc) is 2.95. The van der Waals surface area contributed by atoms with Crippen LogP contribution in [0.1, 0.15) is 63.5 Å². The van der Waals surface area contributed by atoms with Gasteiger partial charge in [0.05, 0.1) is 11.4 Å². The molecule has 0 aliphatic carbocycles. The molecular weight excluding hydrogens is 598 g/mol. The van der Waals surface area contributed by atoms with Crippen molar-refractivity contribution in [3.8, 4) is 0 Å². The lowest BCUT2D eigenvalue weighted by Gasteiger charge is -2.09. The van der Waals surface area contributed by atoms with Gasteiger partial charge in [0.2, 0.25) is 11.8 Å². The van der Waals surface area contributed by atoms with Crippen molar-refractivity contribution in [2.45, 2.75) is 64.7 Å². The van der Waals surface area contributed by atoms with Crippen LogP contribution in [0.5, 0.6) is 0 Å². The third-order valence-electron chi connectivity index (χ3n) is 5.85. The number of anilines is 2. The van der Waals surface area contributed by atoms with Gasteiger partial charge < -0.3 is 10.6 Å². The van der Waals surface area contributed by atoms with Crippen LogP contribution in [0.2, 0.25) is 0 Å². The summed E-state index contributed by atoms with van der Waals surface area (Å²) in [7, 11) is 0. The summed E-state index contributed by atoms with van der Waals surface area (Å²) in [6.45, 7) is 3.08. The molecule has 4 amide bonds. The molecule has 0 unspecified atom stereocenters. The normalized spacial score (nSPS) is 12.4. The minimum absolute atomic E-state index is 0.0780. The number of nitrogens with zero attached hydrogens (tertiary/aromatic N) is 2. The number of hydrogen-bond acceptors (Lipinski definition) is 6. The Labute approximate surface area is 248 Å². The number of hydrazone groups is 2. The molecule has 0 heterocycles. The molecule has 2 aromatic carbocycles. The highest BCUT2D eigenvalue weighted by Gasteiger charge is 2.39. The molecule has 0 fully saturated rings. The maximum Gasteiger partial charge on any atom is 0.471 e. The van der Waals surface area contributed by atoms with Crippen molar-refractivity contribution < 1.29 is 45.5 Å². The molecule has 0 saturated heterocycles. The summed E-state index contributed by atoms with van der Waals surface area (Å²) < 4.78 is 74.7. The highest BCUT2D eigenvalue weighted by atomic mass is 19.4. The first-order valence-corrected chi connectivity index (χ1v) is 13.2. The number of hydrogen-bond donors (Lipinski definition) is 4. The Morgan fingerprint density at radius 3 is 1.32 bits per heavy atom. The van der Waals surface area contributed by atoms with E-state index in [0.29, 0.717) is 48.2 Å². The molecule has 0 saturated carbocycles. The van der Waals surface area contributed by atoms with Crippen LogP contribution >= 0.6 is 0 Å². The molecule has 2 rings (SSSR count). The second-order valence-electron chi connectivity index (χ2n) is 9.44. The number of carbonyl (C=O) groups is 4. The summed E-state index contributed by atoms with van der Waals surface area (Å²) in [6.07, 6.45) is -7.45. The minimum atomic E-state index is -5.03. The molecule has 16 heteroatoms. The highest BCUT2D eigenvalue weighted by molar-refractivity contribution is 6.02. The van der Waals surface area contributed by atoms with Crippen LogP contribution in [0.3, 0.4) is 0 Å². The predicted molar refractivity (Wildman–Crippen MR) is 151 cm³/mol. The SMILES string of the molecule is C/C(=N\NC(=O)CCCCCCC(=O)N/N=C(\C)c1cccc(NC(=O)C(F)(F)F)c1)c1cccc(NC(=O)C(F)(F)F)c1. The van der Waals surface area contributed by atoms with Gasteiger partial charge in [0, 0.05) is 24.2 Å². The van der Waals surface area contributed by atoms with Crippen molar-refractivity contribution in [2.75, 3.05) is 10.6 Å². The van der Waals surface area contributed by atoms with Crippen molar-refractivity contribution in [1.82, 2.24) is 10.9 Å². The first-order valence-electron chi connectivity index (χ1n) is 13.2. The monoisotopic (exact) mass is 628 g/mol. The summed E-state index contributed by atoms with van der Waals surface area (Å²) in [5, 5.41) is 11.4. The van der Waals surface area contributed by atoms with E-state index in [1.807, 2.05) is 0 Å². The predicted octanol–water partition coefficient (Wildman–Crippen LogP) is 5.41.